The highest BCUT2D eigenvalue weighted by atomic mass is 35.5. The Kier molecular flexibility index (Phi) is 22.7. The summed E-state index contributed by atoms with van der Waals surface area (Å²) >= 11 is 0. The summed E-state index contributed by atoms with van der Waals surface area (Å²) in [6.45, 7) is 8.41. The van der Waals surface area contributed by atoms with E-state index in [0.717, 1.165) is 43.6 Å². The van der Waals surface area contributed by atoms with Crippen molar-refractivity contribution >= 4 is 47.6 Å². The summed E-state index contributed by atoms with van der Waals surface area (Å²) in [4.78, 5) is 61.7. The van der Waals surface area contributed by atoms with E-state index in [2.05, 4.69) is 25.0 Å². The van der Waals surface area contributed by atoms with Crippen molar-refractivity contribution in [1.82, 2.24) is 29.1 Å². The van der Waals surface area contributed by atoms with Gasteiger partial charge in [-0.25, -0.2) is 32.6 Å². The quantitative estimate of drug-likeness (QED) is 0.0375. The number of piperazine rings is 1. The van der Waals surface area contributed by atoms with Gasteiger partial charge < -0.3 is 68.2 Å². The van der Waals surface area contributed by atoms with Crippen LogP contribution >= 0.6 is 12.4 Å². The number of halogens is 4. The van der Waals surface area contributed by atoms with E-state index in [4.69, 9.17) is 40.9 Å². The molecule has 82 heavy (non-hydrogen) atoms. The van der Waals surface area contributed by atoms with Gasteiger partial charge in [0.15, 0.2) is 0 Å². The summed E-state index contributed by atoms with van der Waals surface area (Å²) in [5.74, 6) is -2.14. The molecule has 2 aliphatic rings. The van der Waals surface area contributed by atoms with Crippen LogP contribution in [0.5, 0.6) is 5.75 Å². The SMILES string of the molecule is CC[C@@H]([C@H](C)OC(=O)[C@@H](N)CO)n1ncn(-c2ccc(N3CCN(c4ccc(OC[C@@H]5CO[C@@](Cn6c[n+](C(C)OC(=O)N(C)c7ncccc7COC(=O)[C@@H](N)CCCN)cn6)(c6ccc(F)cc6F)C5)cc4)CC3)cc2)c1=O.Cl.[Cl-]. The van der Waals surface area contributed by atoms with Gasteiger partial charge in [-0.2, -0.15) is 9.67 Å². The summed E-state index contributed by atoms with van der Waals surface area (Å²) in [6, 6.07) is 19.7. The van der Waals surface area contributed by atoms with Crippen molar-refractivity contribution in [3.05, 3.63) is 137 Å². The average Bonchev–Trinajstić information content (AvgIpc) is 4.24. The number of benzene rings is 3. The lowest BCUT2D eigenvalue weighted by molar-refractivity contribution is -0.753. The summed E-state index contributed by atoms with van der Waals surface area (Å²) < 4.78 is 65.1. The Morgan fingerprint density at radius 3 is 2.24 bits per heavy atom. The Morgan fingerprint density at radius 2 is 1.60 bits per heavy atom. The fourth-order valence-electron chi connectivity index (χ4n) is 9.87. The molecular weight excluding hydrogens is 1110 g/mol. The lowest BCUT2D eigenvalue weighted by Crippen LogP contribution is -3.00. The number of aliphatic hydroxyl groups excluding tert-OH is 1. The molecule has 2 aliphatic heterocycles. The molecule has 0 radical (unpaired) electrons. The fraction of sp³-hybridized carbons (Fsp3) is 0.455. The lowest BCUT2D eigenvalue weighted by Gasteiger charge is -2.37. The monoisotopic (exact) mass is 1180 g/mol. The molecule has 444 valence electrons. The number of carbonyl (C=O) groups is 3. The van der Waals surface area contributed by atoms with Crippen LogP contribution in [0.3, 0.4) is 0 Å². The van der Waals surface area contributed by atoms with Crippen LogP contribution in [0.25, 0.3) is 5.69 Å². The van der Waals surface area contributed by atoms with E-state index in [1.165, 1.54) is 52.2 Å². The molecule has 2 saturated heterocycles. The van der Waals surface area contributed by atoms with Crippen LogP contribution in [0.4, 0.5) is 30.8 Å². The first-order valence-electron chi connectivity index (χ1n) is 26.6. The average molecular weight is 1180 g/mol. The van der Waals surface area contributed by atoms with Crippen molar-refractivity contribution in [2.45, 2.75) is 95.7 Å². The number of ether oxygens (including phenoxy) is 5. The summed E-state index contributed by atoms with van der Waals surface area (Å²) in [7, 11) is 1.48. The Morgan fingerprint density at radius 1 is 0.927 bits per heavy atom. The van der Waals surface area contributed by atoms with Gasteiger partial charge >= 0.3 is 23.7 Å². The fourth-order valence-corrected chi connectivity index (χ4v) is 9.87. The highest BCUT2D eigenvalue weighted by Gasteiger charge is 2.46. The predicted octanol–water partition coefficient (Wildman–Crippen LogP) is 1.06. The third-order valence-corrected chi connectivity index (χ3v) is 14.4. The molecule has 1 unspecified atom stereocenters. The number of amides is 1. The molecule has 0 aliphatic carbocycles. The Bertz CT molecular complexity index is 3110. The van der Waals surface area contributed by atoms with E-state index in [1.807, 2.05) is 55.5 Å². The van der Waals surface area contributed by atoms with E-state index in [1.54, 1.807) is 41.6 Å². The molecule has 7 atom stereocenters. The van der Waals surface area contributed by atoms with E-state index in [0.29, 0.717) is 49.2 Å². The Labute approximate surface area is 485 Å². The molecule has 0 bridgehead atoms. The lowest BCUT2D eigenvalue weighted by atomic mass is 9.87. The molecule has 8 rings (SSSR count). The smallest absolute Gasteiger partial charge is 0.418 e. The molecule has 2 fully saturated rings. The normalized spacial score (nSPS) is 17.8. The minimum Gasteiger partial charge on any atom is -1.00 e. The number of aromatic nitrogens is 7. The molecule has 27 heteroatoms. The van der Waals surface area contributed by atoms with Crippen LogP contribution in [-0.4, -0.2) is 130 Å². The first-order chi connectivity index (χ1) is 38.5. The highest BCUT2D eigenvalue weighted by molar-refractivity contribution is 5.86. The van der Waals surface area contributed by atoms with Crippen molar-refractivity contribution < 1.29 is 68.9 Å². The van der Waals surface area contributed by atoms with Gasteiger partial charge in [0.25, 0.3) is 6.33 Å². The number of nitrogens with zero attached hydrogens (tertiary/aromatic N) is 10. The van der Waals surface area contributed by atoms with Gasteiger partial charge in [-0.1, -0.05) is 19.1 Å². The maximum atomic E-state index is 15.7. The molecule has 6 aromatic rings. The van der Waals surface area contributed by atoms with E-state index >= 15 is 4.39 Å². The first kappa shape index (κ1) is 63.9. The zero-order valence-electron chi connectivity index (χ0n) is 46.0. The number of pyridine rings is 1. The molecule has 0 saturated carbocycles. The molecule has 3 aromatic carbocycles. The van der Waals surface area contributed by atoms with Crippen molar-refractivity contribution in [3.8, 4) is 11.4 Å². The second-order valence-corrected chi connectivity index (χ2v) is 20.0. The Balaban J connectivity index is 0.00000541. The van der Waals surface area contributed by atoms with Gasteiger partial charge in [-0.15, -0.1) is 17.1 Å². The van der Waals surface area contributed by atoms with E-state index in [9.17, 15) is 28.7 Å². The van der Waals surface area contributed by atoms with Gasteiger partial charge in [0.1, 0.15) is 66.5 Å². The second-order valence-electron chi connectivity index (χ2n) is 20.0. The van der Waals surface area contributed by atoms with Crippen molar-refractivity contribution in [2.75, 3.05) is 74.3 Å². The number of esters is 2. The summed E-state index contributed by atoms with van der Waals surface area (Å²) in [6.07, 6.45) is 5.40. The molecule has 1 amide bonds. The van der Waals surface area contributed by atoms with Crippen LogP contribution in [0.15, 0.2) is 109 Å². The molecular formula is C55H71Cl2F2N13O10. The molecule has 7 N–H and O–H groups in total. The molecule has 0 spiro atoms. The number of hydrogen-bond donors (Lipinski definition) is 4. The molecule has 23 nitrogen and oxygen atoms in total. The van der Waals surface area contributed by atoms with E-state index in [-0.39, 0.29) is 74.2 Å². The van der Waals surface area contributed by atoms with Gasteiger partial charge in [-0.3, -0.25) is 14.5 Å². The number of nitrogens with two attached hydrogens (primary N) is 3. The van der Waals surface area contributed by atoms with Crippen molar-refractivity contribution in [1.29, 1.82) is 0 Å². The maximum absolute atomic E-state index is 15.7. The molecule has 3 aromatic heterocycles. The number of carbonyl (C=O) groups excluding carboxylic acids is 3. The second kappa shape index (κ2) is 29.1. The zero-order valence-corrected chi connectivity index (χ0v) is 47.6. The van der Waals surface area contributed by atoms with Gasteiger partial charge in [0.05, 0.1) is 31.5 Å². The number of anilines is 3. The number of rotatable bonds is 24. The van der Waals surface area contributed by atoms with Gasteiger partial charge in [0.2, 0.25) is 12.6 Å². The predicted molar refractivity (Wildman–Crippen MR) is 296 cm³/mol. The minimum atomic E-state index is -1.25. The summed E-state index contributed by atoms with van der Waals surface area (Å²) in [5, 5.41) is 18.0. The zero-order chi connectivity index (χ0) is 57.1. The van der Waals surface area contributed by atoms with Crippen molar-refractivity contribution in [2.24, 2.45) is 23.1 Å². The van der Waals surface area contributed by atoms with Crippen LogP contribution < -0.4 is 59.3 Å². The third-order valence-electron chi connectivity index (χ3n) is 14.4. The highest BCUT2D eigenvalue weighted by Crippen LogP contribution is 2.42. The standard InChI is InChI=1S/C55H70F2N13O10.2ClH/c1-5-49(36(2)79-52(73)48(60)28-71)70-53(74)69(34-63-70)43-13-11-41(12-14-43)65-22-24-66(25-23-65)42-15-17-44(18-16-42)76-29-38-27-55(78-30-38,45-19-10-40(56)26-46(45)57)32-68-35-67(33-62-68)37(3)80-54(75)64(4)50-39(8-7-21-61-50)31-77-51(72)47(59)9-6-20-58;;/h7-8,10-19,21,26,33-38,47-49,71H,5-6,9,20,22-25,27-32,58-60H2,1-4H3;2*1H/q+1;;/p-1/t36-,37?,38+,47-,48-,49-,55-;;/m0../s1. The number of hydrogen-bond acceptors (Lipinski definition) is 18. The van der Waals surface area contributed by atoms with Gasteiger partial charge in [-0.05, 0) is 99.8 Å². The Hall–Kier alpha value is -7.26. The maximum Gasteiger partial charge on any atom is 0.418 e. The van der Waals surface area contributed by atoms with Crippen molar-refractivity contribution in [3.63, 3.8) is 0 Å². The van der Waals surface area contributed by atoms with Gasteiger partial charge in [0, 0.05) is 85.9 Å². The van der Waals surface area contributed by atoms with Crippen LogP contribution in [0.2, 0.25) is 0 Å². The summed E-state index contributed by atoms with van der Waals surface area (Å²) in [5.41, 5.74) is 18.7. The molecule has 5 heterocycles. The minimum absolute atomic E-state index is 0. The van der Waals surface area contributed by atoms with Crippen LogP contribution in [0, 0.1) is 17.6 Å². The van der Waals surface area contributed by atoms with Crippen LogP contribution in [-0.2, 0) is 47.3 Å². The third kappa shape index (κ3) is 15.2. The largest absolute Gasteiger partial charge is 1.00 e. The topological polar surface area (TPSA) is 280 Å². The number of aliphatic hydroxyl groups is 1. The van der Waals surface area contributed by atoms with Crippen LogP contribution in [0.1, 0.15) is 69.9 Å². The van der Waals surface area contributed by atoms with E-state index < -0.39 is 72.3 Å². The first-order valence-corrected chi connectivity index (χ1v) is 26.6.